The van der Waals surface area contributed by atoms with E-state index in [-0.39, 0.29) is 5.41 Å². The van der Waals surface area contributed by atoms with Crippen LogP contribution in [0.4, 0.5) is 0 Å². The summed E-state index contributed by atoms with van der Waals surface area (Å²) in [5.74, 6) is 0.632. The van der Waals surface area contributed by atoms with Gasteiger partial charge >= 0.3 is 0 Å². The number of aromatic nitrogens is 1. The van der Waals surface area contributed by atoms with Gasteiger partial charge in [-0.05, 0) is 49.4 Å². The molecule has 2 heterocycles. The second kappa shape index (κ2) is 4.12. The molecule has 1 atom stereocenters. The highest BCUT2D eigenvalue weighted by Crippen LogP contribution is 2.46. The molecule has 3 nitrogen and oxygen atoms in total. The molecule has 0 amide bonds. The van der Waals surface area contributed by atoms with Gasteiger partial charge in [0.25, 0.3) is 0 Å². The molecule has 17 heavy (non-hydrogen) atoms. The summed E-state index contributed by atoms with van der Waals surface area (Å²) in [4.78, 5) is 6.52. The van der Waals surface area contributed by atoms with Crippen molar-refractivity contribution >= 4 is 0 Å². The Morgan fingerprint density at radius 3 is 2.82 bits per heavy atom. The smallest absolute Gasteiger partial charge is 0.0703 e. The van der Waals surface area contributed by atoms with E-state index in [1.807, 2.05) is 12.4 Å². The van der Waals surface area contributed by atoms with E-state index in [1.165, 1.54) is 12.0 Å². The molecule has 1 aromatic heterocycles. The van der Waals surface area contributed by atoms with Crippen molar-refractivity contribution < 1.29 is 0 Å². The first-order valence-corrected chi connectivity index (χ1v) is 6.35. The first-order chi connectivity index (χ1) is 8.31. The third-order valence-electron chi connectivity index (χ3n) is 4.07. The van der Waals surface area contributed by atoms with Gasteiger partial charge in [0, 0.05) is 25.5 Å². The highest BCUT2D eigenvalue weighted by atomic mass is 15.2. The molecule has 0 bridgehead atoms. The van der Waals surface area contributed by atoms with Gasteiger partial charge in [-0.15, -0.1) is 0 Å². The van der Waals surface area contributed by atoms with Gasteiger partial charge in [0.15, 0.2) is 0 Å². The molecule has 0 spiro atoms. The minimum atomic E-state index is 0.00708. The summed E-state index contributed by atoms with van der Waals surface area (Å²) >= 11 is 0. The van der Waals surface area contributed by atoms with Crippen molar-refractivity contribution in [1.82, 2.24) is 9.88 Å². The Kier molecular flexibility index (Phi) is 2.60. The minimum Gasteiger partial charge on any atom is -0.301 e. The average molecular weight is 227 g/mol. The fourth-order valence-electron chi connectivity index (χ4n) is 2.77. The Morgan fingerprint density at radius 2 is 2.18 bits per heavy atom. The van der Waals surface area contributed by atoms with E-state index in [9.17, 15) is 0 Å². The van der Waals surface area contributed by atoms with Crippen LogP contribution >= 0.6 is 0 Å². The van der Waals surface area contributed by atoms with Crippen molar-refractivity contribution in [3.05, 3.63) is 30.1 Å². The van der Waals surface area contributed by atoms with Gasteiger partial charge in [0.1, 0.15) is 0 Å². The van der Waals surface area contributed by atoms with Crippen molar-refractivity contribution in [2.24, 2.45) is 5.41 Å². The summed E-state index contributed by atoms with van der Waals surface area (Å²) in [5.41, 5.74) is 1.40. The largest absolute Gasteiger partial charge is 0.301 e. The van der Waals surface area contributed by atoms with Crippen LogP contribution in [0.3, 0.4) is 0 Å². The fraction of sp³-hybridized carbons (Fsp3) is 0.571. The standard InChI is InChI=1S/C14H17N3/c15-10-14(4-5-14)11-17-8-3-13(9-17)12-1-6-16-7-2-12/h1-2,6-7,13H,3-5,8-9,11H2. The Balaban J connectivity index is 1.61. The van der Waals surface area contributed by atoms with Crippen molar-refractivity contribution in [3.63, 3.8) is 0 Å². The summed E-state index contributed by atoms with van der Waals surface area (Å²) in [5, 5.41) is 9.11. The lowest BCUT2D eigenvalue weighted by Gasteiger charge is -2.18. The Hall–Kier alpha value is -1.40. The van der Waals surface area contributed by atoms with E-state index in [2.05, 4.69) is 28.1 Å². The quantitative estimate of drug-likeness (QED) is 0.794. The van der Waals surface area contributed by atoms with E-state index in [1.54, 1.807) is 0 Å². The number of nitriles is 1. The Morgan fingerprint density at radius 1 is 1.41 bits per heavy atom. The van der Waals surface area contributed by atoms with E-state index >= 15 is 0 Å². The predicted molar refractivity (Wildman–Crippen MR) is 65.3 cm³/mol. The third-order valence-corrected chi connectivity index (χ3v) is 4.07. The first kappa shape index (κ1) is 10.7. The fourth-order valence-corrected chi connectivity index (χ4v) is 2.77. The number of rotatable bonds is 3. The van der Waals surface area contributed by atoms with Crippen molar-refractivity contribution in [1.29, 1.82) is 5.26 Å². The van der Waals surface area contributed by atoms with E-state index in [0.29, 0.717) is 5.92 Å². The molecule has 3 rings (SSSR count). The van der Waals surface area contributed by atoms with Crippen LogP contribution in [0.1, 0.15) is 30.7 Å². The lowest BCUT2D eigenvalue weighted by Crippen LogP contribution is -2.27. The van der Waals surface area contributed by atoms with Crippen molar-refractivity contribution in [3.8, 4) is 6.07 Å². The SMILES string of the molecule is N#CC1(CN2CCC(c3ccncc3)C2)CC1. The molecule has 1 aromatic rings. The van der Waals surface area contributed by atoms with Crippen molar-refractivity contribution in [2.45, 2.75) is 25.2 Å². The Labute approximate surface area is 102 Å². The summed E-state index contributed by atoms with van der Waals surface area (Å²) in [6, 6.07) is 6.72. The second-order valence-corrected chi connectivity index (χ2v) is 5.39. The van der Waals surface area contributed by atoms with Gasteiger partial charge in [0.2, 0.25) is 0 Å². The van der Waals surface area contributed by atoms with Gasteiger partial charge in [-0.25, -0.2) is 0 Å². The topological polar surface area (TPSA) is 39.9 Å². The normalized spacial score (nSPS) is 26.6. The zero-order chi connectivity index (χ0) is 11.7. The molecule has 1 saturated heterocycles. The maximum Gasteiger partial charge on any atom is 0.0703 e. The maximum atomic E-state index is 9.11. The van der Waals surface area contributed by atoms with Crippen LogP contribution in [-0.2, 0) is 0 Å². The molecule has 2 aliphatic rings. The van der Waals surface area contributed by atoms with Gasteiger partial charge in [-0.1, -0.05) is 0 Å². The average Bonchev–Trinajstić information content (AvgIpc) is 3.00. The molecule has 1 aliphatic carbocycles. The lowest BCUT2D eigenvalue weighted by atomic mass is 10.00. The second-order valence-electron chi connectivity index (χ2n) is 5.39. The molecule has 0 aromatic carbocycles. The molecule has 88 valence electrons. The highest BCUT2D eigenvalue weighted by Gasteiger charge is 2.45. The molecule has 1 saturated carbocycles. The lowest BCUT2D eigenvalue weighted by molar-refractivity contribution is 0.293. The van der Waals surface area contributed by atoms with E-state index in [0.717, 1.165) is 32.5 Å². The molecular formula is C14H17N3. The highest BCUT2D eigenvalue weighted by molar-refractivity contribution is 5.18. The zero-order valence-electron chi connectivity index (χ0n) is 9.97. The molecular weight excluding hydrogens is 210 g/mol. The van der Waals surface area contributed by atoms with E-state index < -0.39 is 0 Å². The molecule has 3 heteroatoms. The summed E-state index contributed by atoms with van der Waals surface area (Å²) in [6.07, 6.45) is 7.15. The first-order valence-electron chi connectivity index (χ1n) is 6.35. The molecule has 0 radical (unpaired) electrons. The van der Waals surface area contributed by atoms with Crippen LogP contribution in [0.15, 0.2) is 24.5 Å². The maximum absolute atomic E-state index is 9.11. The Bertz CT molecular complexity index is 431. The number of hydrogen-bond acceptors (Lipinski definition) is 3. The van der Waals surface area contributed by atoms with Crippen LogP contribution in [0.5, 0.6) is 0 Å². The monoisotopic (exact) mass is 227 g/mol. The molecule has 2 fully saturated rings. The minimum absolute atomic E-state index is 0.00708. The predicted octanol–water partition coefficient (Wildman–Crippen LogP) is 2.17. The molecule has 0 N–H and O–H groups in total. The number of hydrogen-bond donors (Lipinski definition) is 0. The summed E-state index contributed by atoms with van der Waals surface area (Å²) in [7, 11) is 0. The van der Waals surface area contributed by atoms with Crippen LogP contribution in [0.2, 0.25) is 0 Å². The third kappa shape index (κ3) is 2.18. The van der Waals surface area contributed by atoms with E-state index in [4.69, 9.17) is 5.26 Å². The van der Waals surface area contributed by atoms with Gasteiger partial charge < -0.3 is 4.90 Å². The summed E-state index contributed by atoms with van der Waals surface area (Å²) in [6.45, 7) is 3.22. The number of pyridine rings is 1. The molecule has 1 aliphatic heterocycles. The van der Waals surface area contributed by atoms with Crippen LogP contribution in [-0.4, -0.2) is 29.5 Å². The zero-order valence-corrected chi connectivity index (χ0v) is 9.97. The van der Waals surface area contributed by atoms with Gasteiger partial charge in [-0.3, -0.25) is 4.98 Å². The summed E-state index contributed by atoms with van der Waals surface area (Å²) < 4.78 is 0. The van der Waals surface area contributed by atoms with Gasteiger partial charge in [0.05, 0.1) is 11.5 Å². The van der Waals surface area contributed by atoms with Crippen LogP contribution in [0, 0.1) is 16.7 Å². The van der Waals surface area contributed by atoms with Crippen LogP contribution in [0.25, 0.3) is 0 Å². The number of nitrogens with zero attached hydrogens (tertiary/aromatic N) is 3. The molecule has 1 unspecified atom stereocenters. The van der Waals surface area contributed by atoms with Gasteiger partial charge in [-0.2, -0.15) is 5.26 Å². The number of likely N-dealkylation sites (tertiary alicyclic amines) is 1. The van der Waals surface area contributed by atoms with Crippen molar-refractivity contribution in [2.75, 3.05) is 19.6 Å². The van der Waals surface area contributed by atoms with Crippen LogP contribution < -0.4 is 0 Å².